The lowest BCUT2D eigenvalue weighted by atomic mass is 10.0. The van der Waals surface area contributed by atoms with Crippen LogP contribution in [-0.2, 0) is 6.18 Å². The zero-order chi connectivity index (χ0) is 15.7. The molecular formula is C15H13F3N4. The van der Waals surface area contributed by atoms with E-state index in [0.29, 0.717) is 17.2 Å². The minimum absolute atomic E-state index is 0.116. The number of fused-ring (bicyclic) bond motifs is 1. The Morgan fingerprint density at radius 1 is 1.09 bits per heavy atom. The summed E-state index contributed by atoms with van der Waals surface area (Å²) in [5.41, 5.74) is 0.669. The molecule has 1 aliphatic heterocycles. The Morgan fingerprint density at radius 3 is 2.59 bits per heavy atom. The highest BCUT2D eigenvalue weighted by Crippen LogP contribution is 2.36. The summed E-state index contributed by atoms with van der Waals surface area (Å²) in [5, 5.41) is 6.00. The van der Waals surface area contributed by atoms with E-state index in [1.165, 1.54) is 12.1 Å². The number of alkyl halides is 3. The van der Waals surface area contributed by atoms with Gasteiger partial charge in [0.05, 0.1) is 11.3 Å². The van der Waals surface area contributed by atoms with E-state index >= 15 is 0 Å². The lowest BCUT2D eigenvalue weighted by Crippen LogP contribution is -2.40. The highest BCUT2D eigenvalue weighted by Gasteiger charge is 2.36. The van der Waals surface area contributed by atoms with Crippen LogP contribution < -0.4 is 10.6 Å². The molecule has 0 radical (unpaired) electrons. The number of pyridine rings is 1. The summed E-state index contributed by atoms with van der Waals surface area (Å²) in [6.45, 7) is 0. The van der Waals surface area contributed by atoms with E-state index < -0.39 is 17.9 Å². The molecule has 2 heterocycles. The zero-order valence-electron chi connectivity index (χ0n) is 11.6. The molecule has 7 heteroatoms. The fourth-order valence-corrected chi connectivity index (χ4v) is 2.44. The third kappa shape index (κ3) is 2.49. The van der Waals surface area contributed by atoms with Crippen molar-refractivity contribution in [3.8, 4) is 0 Å². The quantitative estimate of drug-likeness (QED) is 0.850. The topological polar surface area (TPSA) is 49.3 Å². The van der Waals surface area contributed by atoms with Gasteiger partial charge in [-0.1, -0.05) is 18.2 Å². The van der Waals surface area contributed by atoms with Gasteiger partial charge in [0.1, 0.15) is 11.9 Å². The Morgan fingerprint density at radius 2 is 1.86 bits per heavy atom. The lowest BCUT2D eigenvalue weighted by Gasteiger charge is -2.31. The SMILES string of the molecule is CN=C1NC(c2ccccc2C(F)(F)F)Nc2cccnc21. The number of nitrogens with one attached hydrogen (secondary N) is 2. The number of hydrogen-bond acceptors (Lipinski definition) is 3. The summed E-state index contributed by atoms with van der Waals surface area (Å²) in [6, 6.07) is 8.95. The van der Waals surface area contributed by atoms with Gasteiger partial charge in [-0.15, -0.1) is 0 Å². The van der Waals surface area contributed by atoms with Gasteiger partial charge in [-0.3, -0.25) is 9.98 Å². The summed E-state index contributed by atoms with van der Waals surface area (Å²) in [7, 11) is 1.57. The van der Waals surface area contributed by atoms with Crippen molar-refractivity contribution in [2.24, 2.45) is 4.99 Å². The van der Waals surface area contributed by atoms with Gasteiger partial charge in [0.15, 0.2) is 5.84 Å². The number of aliphatic imine (C=N–C) groups is 1. The van der Waals surface area contributed by atoms with Crippen LogP contribution in [0.5, 0.6) is 0 Å². The molecule has 1 aliphatic rings. The predicted octanol–water partition coefficient (Wildman–Crippen LogP) is 3.19. The molecule has 0 aliphatic carbocycles. The number of benzene rings is 1. The summed E-state index contributed by atoms with van der Waals surface area (Å²) >= 11 is 0. The van der Waals surface area contributed by atoms with Gasteiger partial charge < -0.3 is 10.6 Å². The molecule has 0 fully saturated rings. The maximum Gasteiger partial charge on any atom is 0.416 e. The van der Waals surface area contributed by atoms with Crippen LogP contribution >= 0.6 is 0 Å². The van der Waals surface area contributed by atoms with Gasteiger partial charge in [0.2, 0.25) is 0 Å². The molecule has 22 heavy (non-hydrogen) atoms. The van der Waals surface area contributed by atoms with Gasteiger partial charge in [-0.2, -0.15) is 13.2 Å². The van der Waals surface area contributed by atoms with Gasteiger partial charge in [-0.25, -0.2) is 0 Å². The molecule has 1 atom stereocenters. The highest BCUT2D eigenvalue weighted by atomic mass is 19.4. The molecular weight excluding hydrogens is 293 g/mol. The number of nitrogens with zero attached hydrogens (tertiary/aromatic N) is 2. The van der Waals surface area contributed by atoms with E-state index in [-0.39, 0.29) is 5.56 Å². The van der Waals surface area contributed by atoms with E-state index in [4.69, 9.17) is 0 Å². The first kappa shape index (κ1) is 14.4. The Labute approximate surface area is 125 Å². The number of aromatic nitrogens is 1. The predicted molar refractivity (Wildman–Crippen MR) is 77.6 cm³/mol. The molecule has 0 bridgehead atoms. The fraction of sp³-hybridized carbons (Fsp3) is 0.200. The van der Waals surface area contributed by atoms with Crippen LogP contribution in [-0.4, -0.2) is 17.9 Å². The van der Waals surface area contributed by atoms with Crippen LogP contribution in [0.25, 0.3) is 0 Å². The van der Waals surface area contributed by atoms with E-state index in [2.05, 4.69) is 20.6 Å². The van der Waals surface area contributed by atoms with Crippen LogP contribution in [0.4, 0.5) is 18.9 Å². The minimum atomic E-state index is -4.42. The van der Waals surface area contributed by atoms with Crippen LogP contribution in [0.2, 0.25) is 0 Å². The molecule has 2 N–H and O–H groups in total. The van der Waals surface area contributed by atoms with Crippen molar-refractivity contribution in [1.82, 2.24) is 10.3 Å². The third-order valence-electron chi connectivity index (χ3n) is 3.41. The Hall–Kier alpha value is -2.57. The second-order valence-electron chi connectivity index (χ2n) is 4.78. The first-order chi connectivity index (χ1) is 10.5. The van der Waals surface area contributed by atoms with Gasteiger partial charge in [0, 0.05) is 18.8 Å². The minimum Gasteiger partial charge on any atom is -0.360 e. The van der Waals surface area contributed by atoms with Crippen molar-refractivity contribution in [1.29, 1.82) is 0 Å². The molecule has 0 saturated heterocycles. The summed E-state index contributed by atoms with van der Waals surface area (Å²) in [5.74, 6) is 0.455. The van der Waals surface area contributed by atoms with Gasteiger partial charge >= 0.3 is 6.18 Å². The van der Waals surface area contributed by atoms with Crippen molar-refractivity contribution in [2.45, 2.75) is 12.3 Å². The normalized spacial score (nSPS) is 19.3. The zero-order valence-corrected chi connectivity index (χ0v) is 11.6. The molecule has 1 aromatic carbocycles. The Balaban J connectivity index is 2.06. The van der Waals surface area contributed by atoms with Gasteiger partial charge in [0.25, 0.3) is 0 Å². The second kappa shape index (κ2) is 5.32. The van der Waals surface area contributed by atoms with Crippen LogP contribution in [0.3, 0.4) is 0 Å². The van der Waals surface area contributed by atoms with Crippen molar-refractivity contribution >= 4 is 11.5 Å². The van der Waals surface area contributed by atoms with E-state index in [9.17, 15) is 13.2 Å². The highest BCUT2D eigenvalue weighted by molar-refractivity contribution is 6.03. The van der Waals surface area contributed by atoms with Crippen molar-refractivity contribution in [2.75, 3.05) is 12.4 Å². The number of rotatable bonds is 1. The summed E-state index contributed by atoms with van der Waals surface area (Å²) in [4.78, 5) is 8.27. The molecule has 2 aromatic rings. The molecule has 0 amide bonds. The summed E-state index contributed by atoms with van der Waals surface area (Å²) < 4.78 is 39.5. The largest absolute Gasteiger partial charge is 0.416 e. The smallest absolute Gasteiger partial charge is 0.360 e. The lowest BCUT2D eigenvalue weighted by molar-refractivity contribution is -0.138. The number of hydrogen-bond donors (Lipinski definition) is 2. The molecule has 3 rings (SSSR count). The third-order valence-corrected chi connectivity index (χ3v) is 3.41. The maximum atomic E-state index is 13.2. The molecule has 1 unspecified atom stereocenters. The number of anilines is 1. The average molecular weight is 306 g/mol. The second-order valence-corrected chi connectivity index (χ2v) is 4.78. The fourth-order valence-electron chi connectivity index (χ4n) is 2.44. The Kier molecular flexibility index (Phi) is 3.48. The van der Waals surface area contributed by atoms with E-state index in [1.54, 1.807) is 31.4 Å². The molecule has 114 valence electrons. The average Bonchev–Trinajstić information content (AvgIpc) is 2.53. The first-order valence-corrected chi connectivity index (χ1v) is 6.62. The van der Waals surface area contributed by atoms with E-state index in [0.717, 1.165) is 6.07 Å². The monoisotopic (exact) mass is 306 g/mol. The Bertz CT molecular complexity index is 725. The molecule has 1 aromatic heterocycles. The number of amidine groups is 1. The first-order valence-electron chi connectivity index (χ1n) is 6.62. The molecule has 4 nitrogen and oxygen atoms in total. The van der Waals surface area contributed by atoms with Crippen molar-refractivity contribution in [3.05, 3.63) is 59.4 Å². The van der Waals surface area contributed by atoms with Crippen LogP contribution in [0.1, 0.15) is 23.0 Å². The van der Waals surface area contributed by atoms with Crippen LogP contribution in [0.15, 0.2) is 47.6 Å². The van der Waals surface area contributed by atoms with Crippen molar-refractivity contribution in [3.63, 3.8) is 0 Å². The maximum absolute atomic E-state index is 13.2. The molecule has 0 spiro atoms. The van der Waals surface area contributed by atoms with Crippen LogP contribution in [0, 0.1) is 0 Å². The summed E-state index contributed by atoms with van der Waals surface area (Å²) in [6.07, 6.45) is -3.54. The molecule has 0 saturated carbocycles. The standard InChI is InChI=1S/C15H13F3N4/c1-19-14-12-11(7-4-8-20-12)21-13(22-14)9-5-2-3-6-10(9)15(16,17)18/h2-8,13,21H,1H3,(H,19,22). The van der Waals surface area contributed by atoms with E-state index in [1.807, 2.05) is 0 Å². The van der Waals surface area contributed by atoms with Gasteiger partial charge in [-0.05, 0) is 18.2 Å². The van der Waals surface area contributed by atoms with Crippen molar-refractivity contribution < 1.29 is 13.2 Å². The number of halogens is 3.